The molecule has 1 heterocycles. The molecule has 1 aromatic carbocycles. The van der Waals surface area contributed by atoms with Gasteiger partial charge in [-0.3, -0.25) is 4.79 Å². The fourth-order valence-corrected chi connectivity index (χ4v) is 2.49. The number of aromatic carboxylic acids is 1. The highest BCUT2D eigenvalue weighted by Gasteiger charge is 2.33. The monoisotopic (exact) mass is 273 g/mol. The summed E-state index contributed by atoms with van der Waals surface area (Å²) < 4.78 is 1.69. The van der Waals surface area contributed by atoms with E-state index in [1.165, 1.54) is 6.07 Å². The van der Waals surface area contributed by atoms with Crippen LogP contribution in [0.5, 0.6) is 0 Å². The van der Waals surface area contributed by atoms with Crippen LogP contribution in [0, 0.1) is 0 Å². The van der Waals surface area contributed by atoms with Crippen LogP contribution >= 0.6 is 0 Å². The number of nitrogens with two attached hydrogens (primary N) is 1. The van der Waals surface area contributed by atoms with E-state index in [-0.39, 0.29) is 5.56 Å². The Morgan fingerprint density at radius 1 is 1.45 bits per heavy atom. The third-order valence-electron chi connectivity index (χ3n) is 3.71. The number of primary amides is 1. The fraction of sp³-hybridized carbons (Fsp3) is 0.357. The SMILES string of the molecule is CC(C(N)=O)n1c(C2CC2)nc2cccc(C(=O)O)c21. The molecule has 1 aliphatic carbocycles. The van der Waals surface area contributed by atoms with Gasteiger partial charge in [-0.1, -0.05) is 6.07 Å². The molecule has 20 heavy (non-hydrogen) atoms. The summed E-state index contributed by atoms with van der Waals surface area (Å²) in [7, 11) is 0. The van der Waals surface area contributed by atoms with Crippen LogP contribution in [0.1, 0.15) is 47.9 Å². The largest absolute Gasteiger partial charge is 0.478 e. The molecule has 1 unspecified atom stereocenters. The van der Waals surface area contributed by atoms with Crippen LogP contribution in [0.15, 0.2) is 18.2 Å². The Balaban J connectivity index is 2.34. The lowest BCUT2D eigenvalue weighted by atomic mass is 10.1. The number of rotatable bonds is 4. The molecule has 2 aromatic rings. The molecule has 1 aromatic heterocycles. The van der Waals surface area contributed by atoms with E-state index in [2.05, 4.69) is 4.98 Å². The summed E-state index contributed by atoms with van der Waals surface area (Å²) in [6.07, 6.45) is 2.02. The van der Waals surface area contributed by atoms with Gasteiger partial charge in [0.25, 0.3) is 0 Å². The highest BCUT2D eigenvalue weighted by atomic mass is 16.4. The maximum absolute atomic E-state index is 11.5. The van der Waals surface area contributed by atoms with E-state index in [9.17, 15) is 14.7 Å². The minimum absolute atomic E-state index is 0.148. The molecule has 1 amide bonds. The van der Waals surface area contributed by atoms with Crippen molar-refractivity contribution in [1.82, 2.24) is 9.55 Å². The molecule has 1 atom stereocenters. The van der Waals surface area contributed by atoms with Crippen LogP contribution in [0.25, 0.3) is 11.0 Å². The van der Waals surface area contributed by atoms with Crippen molar-refractivity contribution in [3.63, 3.8) is 0 Å². The van der Waals surface area contributed by atoms with Crippen LogP contribution in [-0.4, -0.2) is 26.5 Å². The number of carbonyl (C=O) groups excluding carboxylic acids is 1. The van der Waals surface area contributed by atoms with Gasteiger partial charge in [0, 0.05) is 5.92 Å². The van der Waals surface area contributed by atoms with E-state index in [4.69, 9.17) is 5.73 Å². The Hall–Kier alpha value is -2.37. The second-order valence-electron chi connectivity index (χ2n) is 5.17. The average Bonchev–Trinajstić information content (AvgIpc) is 3.17. The molecule has 104 valence electrons. The first-order valence-corrected chi connectivity index (χ1v) is 6.54. The van der Waals surface area contributed by atoms with E-state index in [1.807, 2.05) is 0 Å². The van der Waals surface area contributed by atoms with E-state index in [0.717, 1.165) is 18.7 Å². The second kappa shape index (κ2) is 4.33. The van der Waals surface area contributed by atoms with Gasteiger partial charge in [0.05, 0.1) is 16.6 Å². The summed E-state index contributed by atoms with van der Waals surface area (Å²) in [6, 6.07) is 4.33. The lowest BCUT2D eigenvalue weighted by Gasteiger charge is -2.15. The molecule has 0 saturated heterocycles. The number of amides is 1. The molecule has 1 saturated carbocycles. The van der Waals surface area contributed by atoms with Crippen LogP contribution in [-0.2, 0) is 4.79 Å². The van der Waals surface area contributed by atoms with Crippen molar-refractivity contribution < 1.29 is 14.7 Å². The molecule has 1 fully saturated rings. The molecule has 0 spiro atoms. The minimum atomic E-state index is -1.03. The predicted molar refractivity (Wildman–Crippen MR) is 72.6 cm³/mol. The summed E-state index contributed by atoms with van der Waals surface area (Å²) >= 11 is 0. The molecule has 1 aliphatic rings. The number of carboxylic acid groups (broad SMARTS) is 1. The number of aromatic nitrogens is 2. The number of nitrogens with zero attached hydrogens (tertiary/aromatic N) is 2. The minimum Gasteiger partial charge on any atom is -0.478 e. The third-order valence-corrected chi connectivity index (χ3v) is 3.71. The van der Waals surface area contributed by atoms with Gasteiger partial charge in [0.15, 0.2) is 0 Å². The number of carbonyl (C=O) groups is 2. The number of fused-ring (bicyclic) bond motifs is 1. The summed E-state index contributed by atoms with van der Waals surface area (Å²) in [5, 5.41) is 9.33. The Bertz CT molecular complexity index is 716. The first-order valence-electron chi connectivity index (χ1n) is 6.54. The number of para-hydroxylation sites is 1. The van der Waals surface area contributed by atoms with Gasteiger partial charge in [-0.05, 0) is 31.9 Å². The maximum Gasteiger partial charge on any atom is 0.337 e. The Morgan fingerprint density at radius 2 is 2.15 bits per heavy atom. The normalized spacial score (nSPS) is 16.2. The molecule has 0 aliphatic heterocycles. The number of imidazole rings is 1. The standard InChI is InChI=1S/C14H15N3O3/c1-7(12(15)18)17-11-9(14(19)20)3-2-4-10(11)16-13(17)8-5-6-8/h2-4,7-8H,5-6H2,1H3,(H2,15,18)(H,19,20). The van der Waals surface area contributed by atoms with Gasteiger partial charge in [-0.25, -0.2) is 9.78 Å². The smallest absolute Gasteiger partial charge is 0.337 e. The predicted octanol–water partition coefficient (Wildman–Crippen LogP) is 1.66. The summed E-state index contributed by atoms with van der Waals surface area (Å²) in [5.41, 5.74) is 6.62. The second-order valence-corrected chi connectivity index (χ2v) is 5.17. The Labute approximate surface area is 115 Å². The van der Waals surface area contributed by atoms with Crippen molar-refractivity contribution in [3.05, 3.63) is 29.6 Å². The molecular weight excluding hydrogens is 258 g/mol. The van der Waals surface area contributed by atoms with Crippen molar-refractivity contribution in [1.29, 1.82) is 0 Å². The zero-order valence-electron chi connectivity index (χ0n) is 11.0. The van der Waals surface area contributed by atoms with Gasteiger partial charge in [-0.15, -0.1) is 0 Å². The Morgan fingerprint density at radius 3 is 2.70 bits per heavy atom. The van der Waals surface area contributed by atoms with E-state index in [0.29, 0.717) is 17.0 Å². The molecule has 6 heteroatoms. The highest BCUT2D eigenvalue weighted by Crippen LogP contribution is 2.42. The van der Waals surface area contributed by atoms with Crippen molar-refractivity contribution in [2.45, 2.75) is 31.7 Å². The fourth-order valence-electron chi connectivity index (χ4n) is 2.49. The number of benzene rings is 1. The van der Waals surface area contributed by atoms with Crippen LogP contribution in [0.3, 0.4) is 0 Å². The molecule has 0 bridgehead atoms. The molecular formula is C14H15N3O3. The number of carboxylic acids is 1. The van der Waals surface area contributed by atoms with Gasteiger partial charge in [0.2, 0.25) is 5.91 Å². The van der Waals surface area contributed by atoms with Gasteiger partial charge in [0.1, 0.15) is 11.9 Å². The lowest BCUT2D eigenvalue weighted by Crippen LogP contribution is -2.25. The zero-order chi connectivity index (χ0) is 14.4. The molecule has 6 nitrogen and oxygen atoms in total. The van der Waals surface area contributed by atoms with Crippen molar-refractivity contribution >= 4 is 22.9 Å². The first-order chi connectivity index (χ1) is 9.50. The molecule has 3 N–H and O–H groups in total. The third kappa shape index (κ3) is 1.84. The Kier molecular flexibility index (Phi) is 2.74. The van der Waals surface area contributed by atoms with Crippen LogP contribution in [0.2, 0.25) is 0 Å². The quantitative estimate of drug-likeness (QED) is 0.885. The van der Waals surface area contributed by atoms with Crippen molar-refractivity contribution in [2.75, 3.05) is 0 Å². The maximum atomic E-state index is 11.5. The van der Waals surface area contributed by atoms with Crippen LogP contribution < -0.4 is 5.73 Å². The van der Waals surface area contributed by atoms with Gasteiger partial charge in [-0.2, -0.15) is 0 Å². The van der Waals surface area contributed by atoms with E-state index >= 15 is 0 Å². The van der Waals surface area contributed by atoms with Crippen molar-refractivity contribution in [2.24, 2.45) is 5.73 Å². The van der Waals surface area contributed by atoms with Crippen molar-refractivity contribution in [3.8, 4) is 0 Å². The number of hydrogen-bond acceptors (Lipinski definition) is 3. The summed E-state index contributed by atoms with van der Waals surface area (Å²) in [6.45, 7) is 1.67. The van der Waals surface area contributed by atoms with Crippen LogP contribution in [0.4, 0.5) is 0 Å². The topological polar surface area (TPSA) is 98.2 Å². The molecule has 3 rings (SSSR count). The van der Waals surface area contributed by atoms with E-state index in [1.54, 1.807) is 23.6 Å². The lowest BCUT2D eigenvalue weighted by molar-refractivity contribution is -0.120. The van der Waals surface area contributed by atoms with E-state index < -0.39 is 17.9 Å². The van der Waals surface area contributed by atoms with Gasteiger partial charge < -0.3 is 15.4 Å². The first kappa shape index (κ1) is 12.7. The number of hydrogen-bond donors (Lipinski definition) is 2. The average molecular weight is 273 g/mol. The molecule has 0 radical (unpaired) electrons. The summed E-state index contributed by atoms with van der Waals surface area (Å²) in [5.74, 6) is -0.465. The van der Waals surface area contributed by atoms with Gasteiger partial charge >= 0.3 is 5.97 Å². The highest BCUT2D eigenvalue weighted by molar-refractivity contribution is 6.02. The summed E-state index contributed by atoms with van der Waals surface area (Å²) in [4.78, 5) is 27.5. The zero-order valence-corrected chi connectivity index (χ0v) is 11.0.